The standard InChI is InChI=1S/C20H23FN4O3/c1-14-11-23-17(12-22-14)20(27)24-15-5-4-9-25(10-8-15)19(26)13-28-18-7-3-2-6-16(18)21/h2-3,6-7,11-12,15H,4-5,8-10,13H2,1H3,(H,24,27). The zero-order valence-corrected chi connectivity index (χ0v) is 15.7. The van der Waals surface area contributed by atoms with Crippen molar-refractivity contribution in [2.75, 3.05) is 19.7 Å². The van der Waals surface area contributed by atoms with Crippen LogP contribution in [0.4, 0.5) is 4.39 Å². The van der Waals surface area contributed by atoms with Gasteiger partial charge in [-0.1, -0.05) is 12.1 Å². The Kier molecular flexibility index (Phi) is 6.52. The normalized spacial score (nSPS) is 16.9. The first-order valence-electron chi connectivity index (χ1n) is 9.27. The van der Waals surface area contributed by atoms with E-state index in [4.69, 9.17) is 4.74 Å². The number of carbonyl (C=O) groups is 2. The molecule has 1 N–H and O–H groups in total. The third-order valence-corrected chi connectivity index (χ3v) is 4.62. The third-order valence-electron chi connectivity index (χ3n) is 4.62. The summed E-state index contributed by atoms with van der Waals surface area (Å²) in [7, 11) is 0. The quantitative estimate of drug-likeness (QED) is 0.851. The fourth-order valence-corrected chi connectivity index (χ4v) is 3.05. The van der Waals surface area contributed by atoms with Crippen LogP contribution in [0.3, 0.4) is 0 Å². The Labute approximate surface area is 162 Å². The van der Waals surface area contributed by atoms with Crippen LogP contribution in [0.2, 0.25) is 0 Å². The molecule has 1 aromatic carbocycles. The Morgan fingerprint density at radius 2 is 2.04 bits per heavy atom. The minimum Gasteiger partial charge on any atom is -0.481 e. The average Bonchev–Trinajstić information content (AvgIpc) is 2.93. The Morgan fingerprint density at radius 3 is 2.79 bits per heavy atom. The van der Waals surface area contributed by atoms with E-state index in [1.807, 2.05) is 6.92 Å². The minimum atomic E-state index is -0.492. The van der Waals surface area contributed by atoms with Crippen LogP contribution in [0.25, 0.3) is 0 Å². The highest BCUT2D eigenvalue weighted by atomic mass is 19.1. The molecule has 1 aromatic heterocycles. The van der Waals surface area contributed by atoms with E-state index in [9.17, 15) is 14.0 Å². The van der Waals surface area contributed by atoms with Gasteiger partial charge in [-0.2, -0.15) is 0 Å². The van der Waals surface area contributed by atoms with Crippen molar-refractivity contribution in [1.82, 2.24) is 20.2 Å². The molecule has 8 heteroatoms. The Bertz CT molecular complexity index is 828. The van der Waals surface area contributed by atoms with Crippen molar-refractivity contribution in [2.24, 2.45) is 0 Å². The number of benzene rings is 1. The van der Waals surface area contributed by atoms with E-state index >= 15 is 0 Å². The summed E-state index contributed by atoms with van der Waals surface area (Å²) in [5.41, 5.74) is 1.03. The Balaban J connectivity index is 1.48. The van der Waals surface area contributed by atoms with Crippen LogP contribution in [-0.4, -0.2) is 52.4 Å². The molecular weight excluding hydrogens is 363 g/mol. The summed E-state index contributed by atoms with van der Waals surface area (Å²) in [6.07, 6.45) is 5.17. The SMILES string of the molecule is Cc1cnc(C(=O)NC2CCCN(C(=O)COc3ccccc3F)CC2)cn1. The fraction of sp³-hybridized carbons (Fsp3) is 0.400. The second-order valence-electron chi connectivity index (χ2n) is 6.74. The van der Waals surface area contributed by atoms with Crippen molar-refractivity contribution in [3.8, 4) is 5.75 Å². The van der Waals surface area contributed by atoms with E-state index in [0.29, 0.717) is 19.5 Å². The molecule has 28 heavy (non-hydrogen) atoms. The maximum Gasteiger partial charge on any atom is 0.271 e. The number of nitrogens with one attached hydrogen (secondary N) is 1. The third kappa shape index (κ3) is 5.25. The minimum absolute atomic E-state index is 0.0408. The smallest absolute Gasteiger partial charge is 0.271 e. The van der Waals surface area contributed by atoms with Gasteiger partial charge in [-0.25, -0.2) is 9.37 Å². The lowest BCUT2D eigenvalue weighted by atomic mass is 10.1. The predicted octanol–water partition coefficient (Wildman–Crippen LogP) is 2.11. The maximum atomic E-state index is 13.6. The van der Waals surface area contributed by atoms with Crippen LogP contribution < -0.4 is 10.1 Å². The topological polar surface area (TPSA) is 84.4 Å². The summed E-state index contributed by atoms with van der Waals surface area (Å²) >= 11 is 0. The molecule has 1 saturated heterocycles. The number of nitrogens with zero attached hydrogens (tertiary/aromatic N) is 3. The van der Waals surface area contributed by atoms with E-state index in [-0.39, 0.29) is 35.9 Å². The average molecular weight is 386 g/mol. The van der Waals surface area contributed by atoms with Gasteiger partial charge in [0.2, 0.25) is 0 Å². The number of hydrogen-bond donors (Lipinski definition) is 1. The van der Waals surface area contributed by atoms with E-state index < -0.39 is 5.82 Å². The van der Waals surface area contributed by atoms with Crippen LogP contribution >= 0.6 is 0 Å². The van der Waals surface area contributed by atoms with Gasteiger partial charge in [-0.15, -0.1) is 0 Å². The summed E-state index contributed by atoms with van der Waals surface area (Å²) in [6, 6.07) is 5.96. The molecule has 0 saturated carbocycles. The molecule has 2 heterocycles. The predicted molar refractivity (Wildman–Crippen MR) is 100 cm³/mol. The highest BCUT2D eigenvalue weighted by Crippen LogP contribution is 2.16. The maximum absolute atomic E-state index is 13.6. The molecule has 1 atom stereocenters. The van der Waals surface area contributed by atoms with Crippen molar-refractivity contribution in [1.29, 1.82) is 0 Å². The van der Waals surface area contributed by atoms with Gasteiger partial charge in [0.05, 0.1) is 11.9 Å². The van der Waals surface area contributed by atoms with Gasteiger partial charge in [0.15, 0.2) is 18.2 Å². The van der Waals surface area contributed by atoms with Crippen LogP contribution in [0, 0.1) is 12.7 Å². The molecule has 7 nitrogen and oxygen atoms in total. The molecule has 1 fully saturated rings. The monoisotopic (exact) mass is 386 g/mol. The zero-order valence-electron chi connectivity index (χ0n) is 15.7. The van der Waals surface area contributed by atoms with Crippen molar-refractivity contribution in [2.45, 2.75) is 32.2 Å². The number of rotatable bonds is 5. The number of aryl methyl sites for hydroxylation is 1. The molecule has 2 aromatic rings. The molecule has 1 unspecified atom stereocenters. The number of halogens is 1. The van der Waals surface area contributed by atoms with Gasteiger partial charge in [0.25, 0.3) is 11.8 Å². The van der Waals surface area contributed by atoms with Crippen molar-refractivity contribution < 1.29 is 18.7 Å². The first-order valence-corrected chi connectivity index (χ1v) is 9.27. The van der Waals surface area contributed by atoms with E-state index in [0.717, 1.165) is 18.5 Å². The van der Waals surface area contributed by atoms with E-state index in [1.54, 1.807) is 23.2 Å². The highest BCUT2D eigenvalue weighted by Gasteiger charge is 2.23. The Morgan fingerprint density at radius 1 is 1.21 bits per heavy atom. The fourth-order valence-electron chi connectivity index (χ4n) is 3.05. The van der Waals surface area contributed by atoms with E-state index in [1.165, 1.54) is 18.3 Å². The summed E-state index contributed by atoms with van der Waals surface area (Å²) in [4.78, 5) is 34.5. The number of likely N-dealkylation sites (tertiary alicyclic amines) is 1. The van der Waals surface area contributed by atoms with Crippen molar-refractivity contribution in [3.63, 3.8) is 0 Å². The summed E-state index contributed by atoms with van der Waals surface area (Å²) in [6.45, 7) is 2.68. The molecule has 1 aliphatic rings. The molecular formula is C20H23FN4O3. The lowest BCUT2D eigenvalue weighted by molar-refractivity contribution is -0.133. The van der Waals surface area contributed by atoms with Crippen LogP contribution in [-0.2, 0) is 4.79 Å². The number of para-hydroxylation sites is 1. The van der Waals surface area contributed by atoms with Crippen LogP contribution in [0.5, 0.6) is 5.75 Å². The van der Waals surface area contributed by atoms with Gasteiger partial charge in [-0.3, -0.25) is 14.6 Å². The largest absolute Gasteiger partial charge is 0.481 e. The number of ether oxygens (including phenoxy) is 1. The molecule has 148 valence electrons. The van der Waals surface area contributed by atoms with Gasteiger partial charge in [0, 0.05) is 25.3 Å². The first-order chi connectivity index (χ1) is 13.5. The lowest BCUT2D eigenvalue weighted by Gasteiger charge is -2.21. The molecule has 0 radical (unpaired) electrons. The van der Waals surface area contributed by atoms with Gasteiger partial charge >= 0.3 is 0 Å². The van der Waals surface area contributed by atoms with Gasteiger partial charge in [-0.05, 0) is 38.3 Å². The molecule has 2 amide bonds. The van der Waals surface area contributed by atoms with Crippen LogP contribution in [0.1, 0.15) is 35.4 Å². The summed E-state index contributed by atoms with van der Waals surface area (Å²) < 4.78 is 18.9. The zero-order chi connectivity index (χ0) is 19.9. The van der Waals surface area contributed by atoms with Gasteiger partial charge < -0.3 is 15.0 Å². The summed E-state index contributed by atoms with van der Waals surface area (Å²) in [5, 5.41) is 2.96. The number of carbonyl (C=O) groups excluding carboxylic acids is 2. The second kappa shape index (κ2) is 9.25. The molecule has 3 rings (SSSR count). The van der Waals surface area contributed by atoms with Crippen LogP contribution in [0.15, 0.2) is 36.7 Å². The van der Waals surface area contributed by atoms with Gasteiger partial charge in [0.1, 0.15) is 5.69 Å². The van der Waals surface area contributed by atoms with Crippen molar-refractivity contribution in [3.05, 3.63) is 53.9 Å². The molecule has 0 aliphatic carbocycles. The Hall–Kier alpha value is -3.03. The number of aromatic nitrogens is 2. The number of amides is 2. The lowest BCUT2D eigenvalue weighted by Crippen LogP contribution is -2.38. The van der Waals surface area contributed by atoms with Crippen molar-refractivity contribution >= 4 is 11.8 Å². The first kappa shape index (κ1) is 19.7. The van der Waals surface area contributed by atoms with E-state index in [2.05, 4.69) is 15.3 Å². The molecule has 0 bridgehead atoms. The molecule has 0 spiro atoms. The molecule has 1 aliphatic heterocycles. The number of hydrogen-bond acceptors (Lipinski definition) is 5. The highest BCUT2D eigenvalue weighted by molar-refractivity contribution is 5.92. The summed E-state index contributed by atoms with van der Waals surface area (Å²) in [5.74, 6) is -0.886. The second-order valence-corrected chi connectivity index (χ2v) is 6.74.